The lowest BCUT2D eigenvalue weighted by molar-refractivity contribution is 0.669. The molecule has 0 bridgehead atoms. The molecule has 9 aromatic rings. The normalized spacial score (nSPS) is 11.6. The molecule has 0 atom stereocenters. The Morgan fingerprint density at radius 1 is 0.467 bits per heavy atom. The van der Waals surface area contributed by atoms with Gasteiger partial charge in [-0.15, -0.1) is 0 Å². The topological polar surface area (TPSA) is 21.3 Å². The number of nitrogens with zero attached hydrogens (tertiary/aromatic N) is 2. The van der Waals surface area contributed by atoms with E-state index in [0.29, 0.717) is 0 Å². The number of para-hydroxylation sites is 5. The molecule has 9 rings (SSSR count). The highest BCUT2D eigenvalue weighted by molar-refractivity contribution is 6.18. The predicted octanol–water partition coefficient (Wildman–Crippen LogP) is 11.8. The van der Waals surface area contributed by atoms with Crippen LogP contribution in [0.1, 0.15) is 0 Å². The van der Waals surface area contributed by atoms with Gasteiger partial charge >= 0.3 is 0 Å². The lowest BCUT2D eigenvalue weighted by Gasteiger charge is -2.25. The lowest BCUT2D eigenvalue weighted by atomic mass is 9.96. The molecular formula is C42H28N2O. The van der Waals surface area contributed by atoms with Crippen LogP contribution in [0.3, 0.4) is 0 Å². The fourth-order valence-corrected chi connectivity index (χ4v) is 6.81. The second kappa shape index (κ2) is 10.3. The Kier molecular flexibility index (Phi) is 5.82. The highest BCUT2D eigenvalue weighted by Gasteiger charge is 2.22. The van der Waals surface area contributed by atoms with Crippen molar-refractivity contribution >= 4 is 60.8 Å². The van der Waals surface area contributed by atoms with E-state index in [2.05, 4.69) is 173 Å². The molecule has 0 unspecified atom stereocenters. The van der Waals surface area contributed by atoms with E-state index in [-0.39, 0.29) is 0 Å². The second-order valence-corrected chi connectivity index (χ2v) is 11.4. The number of aromatic nitrogens is 1. The van der Waals surface area contributed by atoms with Crippen LogP contribution in [0.5, 0.6) is 0 Å². The monoisotopic (exact) mass is 576 g/mol. The molecule has 0 aliphatic carbocycles. The van der Waals surface area contributed by atoms with Crippen LogP contribution in [0.4, 0.5) is 17.1 Å². The fraction of sp³-hybridized carbons (Fsp3) is 0. The quantitative estimate of drug-likeness (QED) is 0.203. The first-order valence-corrected chi connectivity index (χ1v) is 15.3. The zero-order chi connectivity index (χ0) is 29.7. The van der Waals surface area contributed by atoms with E-state index in [9.17, 15) is 0 Å². The van der Waals surface area contributed by atoms with Crippen LogP contribution >= 0.6 is 0 Å². The average Bonchev–Trinajstić information content (AvgIpc) is 3.66. The van der Waals surface area contributed by atoms with Crippen LogP contribution in [0.25, 0.3) is 60.6 Å². The van der Waals surface area contributed by atoms with E-state index in [1.165, 1.54) is 21.8 Å². The maximum Gasteiger partial charge on any atom is 0.160 e. The van der Waals surface area contributed by atoms with Gasteiger partial charge in [-0.2, -0.15) is 0 Å². The largest absolute Gasteiger partial charge is 0.454 e. The van der Waals surface area contributed by atoms with Crippen LogP contribution in [0, 0.1) is 0 Å². The maximum atomic E-state index is 6.74. The van der Waals surface area contributed by atoms with Crippen LogP contribution < -0.4 is 4.90 Å². The minimum atomic E-state index is 0.869. The summed E-state index contributed by atoms with van der Waals surface area (Å²) >= 11 is 0. The molecule has 7 aromatic carbocycles. The van der Waals surface area contributed by atoms with Gasteiger partial charge in [0.25, 0.3) is 0 Å². The van der Waals surface area contributed by atoms with Crippen molar-refractivity contribution in [1.29, 1.82) is 0 Å². The van der Waals surface area contributed by atoms with Gasteiger partial charge in [-0.05, 0) is 77.9 Å². The average molecular weight is 577 g/mol. The summed E-state index contributed by atoms with van der Waals surface area (Å²) in [7, 11) is 0. The minimum Gasteiger partial charge on any atom is -0.454 e. The Hall–Kier alpha value is -6.06. The molecule has 0 radical (unpaired) electrons. The summed E-state index contributed by atoms with van der Waals surface area (Å²) in [5, 5.41) is 4.69. The van der Waals surface area contributed by atoms with Gasteiger partial charge in [0.15, 0.2) is 5.58 Å². The number of rotatable bonds is 5. The molecule has 2 aromatic heterocycles. The molecule has 0 spiro atoms. The lowest BCUT2D eigenvalue weighted by Crippen LogP contribution is -2.10. The molecule has 3 heteroatoms. The van der Waals surface area contributed by atoms with Gasteiger partial charge in [-0.3, -0.25) is 0 Å². The fourth-order valence-electron chi connectivity index (χ4n) is 6.81. The van der Waals surface area contributed by atoms with E-state index < -0.39 is 0 Å². The van der Waals surface area contributed by atoms with Gasteiger partial charge in [0.2, 0.25) is 0 Å². The third-order valence-electron chi connectivity index (χ3n) is 8.77. The summed E-state index contributed by atoms with van der Waals surface area (Å²) in [6.07, 6.45) is 0. The molecule has 2 heterocycles. The van der Waals surface area contributed by atoms with E-state index in [0.717, 1.165) is 55.8 Å². The molecule has 0 aliphatic heterocycles. The second-order valence-electron chi connectivity index (χ2n) is 11.4. The molecule has 45 heavy (non-hydrogen) atoms. The van der Waals surface area contributed by atoms with Crippen molar-refractivity contribution in [2.24, 2.45) is 0 Å². The number of benzene rings is 7. The minimum absolute atomic E-state index is 0.869. The number of hydrogen-bond donors (Lipinski definition) is 0. The molecule has 0 saturated heterocycles. The van der Waals surface area contributed by atoms with E-state index >= 15 is 0 Å². The maximum absolute atomic E-state index is 6.74. The molecule has 0 N–H and O–H groups in total. The van der Waals surface area contributed by atoms with Crippen LogP contribution in [-0.4, -0.2) is 4.57 Å². The van der Waals surface area contributed by atoms with Gasteiger partial charge < -0.3 is 13.9 Å². The van der Waals surface area contributed by atoms with Crippen molar-refractivity contribution in [1.82, 2.24) is 4.57 Å². The molecule has 0 fully saturated rings. The Labute approximate surface area is 260 Å². The predicted molar refractivity (Wildman–Crippen MR) is 188 cm³/mol. The first-order valence-electron chi connectivity index (χ1n) is 15.3. The van der Waals surface area contributed by atoms with Gasteiger partial charge in [0.1, 0.15) is 5.58 Å². The number of anilines is 3. The highest BCUT2D eigenvalue weighted by Crippen LogP contribution is 2.46. The van der Waals surface area contributed by atoms with E-state index in [1.807, 2.05) is 6.07 Å². The summed E-state index contributed by atoms with van der Waals surface area (Å²) in [6, 6.07) is 60.0. The summed E-state index contributed by atoms with van der Waals surface area (Å²) in [6.45, 7) is 0. The summed E-state index contributed by atoms with van der Waals surface area (Å²) in [4.78, 5) is 2.28. The van der Waals surface area contributed by atoms with Crippen LogP contribution in [0.2, 0.25) is 0 Å². The van der Waals surface area contributed by atoms with Gasteiger partial charge in [0.05, 0.1) is 16.7 Å². The first kappa shape index (κ1) is 25.4. The van der Waals surface area contributed by atoms with E-state index in [1.54, 1.807) is 0 Å². The molecule has 3 nitrogen and oxygen atoms in total. The zero-order valence-electron chi connectivity index (χ0n) is 24.5. The Morgan fingerprint density at radius 2 is 1.07 bits per heavy atom. The third-order valence-corrected chi connectivity index (χ3v) is 8.77. The van der Waals surface area contributed by atoms with Crippen molar-refractivity contribution in [3.05, 3.63) is 170 Å². The molecule has 0 aliphatic rings. The van der Waals surface area contributed by atoms with Crippen molar-refractivity contribution in [3.63, 3.8) is 0 Å². The standard InChI is InChI=1S/C42H28N2O/c1-4-14-30(15-5-1)43(31-16-6-2-7-17-31)39-27-25-33(41-35-21-11-13-23-40(35)45-42(39)41)29-24-26-38-36(28-29)34-20-10-12-22-37(34)44(38)32-18-8-3-9-19-32/h1-28H. The first-order chi connectivity index (χ1) is 22.3. The van der Waals surface area contributed by atoms with Crippen molar-refractivity contribution in [2.45, 2.75) is 0 Å². The Morgan fingerprint density at radius 3 is 1.80 bits per heavy atom. The number of fused-ring (bicyclic) bond motifs is 6. The SMILES string of the molecule is c1ccc(N(c2ccccc2)c2ccc(-c3ccc4c(c3)c3ccccc3n4-c3ccccc3)c3c2oc2ccccc23)cc1. The molecule has 0 amide bonds. The number of furan rings is 1. The van der Waals surface area contributed by atoms with Gasteiger partial charge in [0, 0.05) is 38.6 Å². The molecule has 0 saturated carbocycles. The highest BCUT2D eigenvalue weighted by atomic mass is 16.3. The Balaban J connectivity index is 1.32. The smallest absolute Gasteiger partial charge is 0.160 e. The summed E-state index contributed by atoms with van der Waals surface area (Å²) in [5.41, 5.74) is 10.8. The van der Waals surface area contributed by atoms with Gasteiger partial charge in [-0.1, -0.05) is 103 Å². The summed E-state index contributed by atoms with van der Waals surface area (Å²) < 4.78 is 9.10. The molecular weight excluding hydrogens is 548 g/mol. The number of hydrogen-bond acceptors (Lipinski definition) is 2. The van der Waals surface area contributed by atoms with Crippen molar-refractivity contribution < 1.29 is 4.42 Å². The summed E-state index contributed by atoms with van der Waals surface area (Å²) in [5.74, 6) is 0. The molecule has 212 valence electrons. The van der Waals surface area contributed by atoms with Crippen LogP contribution in [-0.2, 0) is 0 Å². The van der Waals surface area contributed by atoms with Crippen molar-refractivity contribution in [3.8, 4) is 16.8 Å². The van der Waals surface area contributed by atoms with Crippen LogP contribution in [0.15, 0.2) is 174 Å². The van der Waals surface area contributed by atoms with Gasteiger partial charge in [-0.25, -0.2) is 0 Å². The third kappa shape index (κ3) is 4.05. The Bertz CT molecular complexity index is 2440. The van der Waals surface area contributed by atoms with Crippen molar-refractivity contribution in [2.75, 3.05) is 4.90 Å². The van der Waals surface area contributed by atoms with E-state index in [4.69, 9.17) is 4.42 Å². The zero-order valence-corrected chi connectivity index (χ0v) is 24.5.